The monoisotopic (exact) mass is 273 g/mol. The number of hydrogen-bond acceptors (Lipinski definition) is 2. The van der Waals surface area contributed by atoms with Crippen molar-refractivity contribution in [1.82, 2.24) is 10.6 Å². The van der Waals surface area contributed by atoms with Crippen molar-refractivity contribution in [2.75, 3.05) is 12.3 Å². The number of amides is 2. The van der Waals surface area contributed by atoms with Crippen molar-refractivity contribution in [2.45, 2.75) is 25.1 Å². The van der Waals surface area contributed by atoms with Crippen LogP contribution in [0.1, 0.15) is 23.6 Å². The fourth-order valence-electron chi connectivity index (χ4n) is 2.18. The molecule has 0 heterocycles. The van der Waals surface area contributed by atoms with Crippen LogP contribution in [0.2, 0.25) is 0 Å². The van der Waals surface area contributed by atoms with Gasteiger partial charge in [-0.15, -0.1) is 0 Å². The third-order valence-electron chi connectivity index (χ3n) is 3.00. The number of carbonyl (C=O) groups excluding carboxylic acids is 1. The normalized spacial score (nSPS) is 17.9. The van der Waals surface area contributed by atoms with Crippen LogP contribution in [0.4, 0.5) is 23.7 Å². The molecule has 7 heteroatoms. The van der Waals surface area contributed by atoms with Gasteiger partial charge in [-0.05, 0) is 36.1 Å². The molecule has 0 saturated carbocycles. The van der Waals surface area contributed by atoms with Crippen molar-refractivity contribution >= 4 is 11.7 Å². The van der Waals surface area contributed by atoms with E-state index in [9.17, 15) is 18.0 Å². The molecule has 1 aromatic rings. The molecule has 0 radical (unpaired) electrons. The molecule has 4 nitrogen and oxygen atoms in total. The molecular weight excluding hydrogens is 259 g/mol. The van der Waals surface area contributed by atoms with Gasteiger partial charge in [0.2, 0.25) is 0 Å². The fourth-order valence-corrected chi connectivity index (χ4v) is 2.18. The predicted molar refractivity (Wildman–Crippen MR) is 64.5 cm³/mol. The van der Waals surface area contributed by atoms with E-state index in [0.29, 0.717) is 12.1 Å². The van der Waals surface area contributed by atoms with Crippen LogP contribution in [0.15, 0.2) is 18.2 Å². The molecule has 4 N–H and O–H groups in total. The molecule has 1 aromatic carbocycles. The van der Waals surface area contributed by atoms with Crippen molar-refractivity contribution in [3.63, 3.8) is 0 Å². The van der Waals surface area contributed by atoms with Crippen LogP contribution in [0.25, 0.3) is 0 Å². The Kier molecular flexibility index (Phi) is 3.55. The number of nitrogens with one attached hydrogen (secondary N) is 2. The summed E-state index contributed by atoms with van der Waals surface area (Å²) in [4.78, 5) is 11.4. The van der Waals surface area contributed by atoms with E-state index in [1.807, 2.05) is 6.07 Å². The summed E-state index contributed by atoms with van der Waals surface area (Å²) in [6, 6.07) is 4.26. The zero-order valence-electron chi connectivity index (χ0n) is 10.1. The molecule has 0 aromatic heterocycles. The van der Waals surface area contributed by atoms with Gasteiger partial charge in [0.1, 0.15) is 6.54 Å². The lowest BCUT2D eigenvalue weighted by molar-refractivity contribution is -0.122. The van der Waals surface area contributed by atoms with Crippen LogP contribution in [0, 0.1) is 0 Å². The Labute approximate surface area is 108 Å². The largest absolute Gasteiger partial charge is 0.405 e. The molecule has 0 fully saturated rings. The van der Waals surface area contributed by atoms with E-state index in [1.54, 1.807) is 17.4 Å². The van der Waals surface area contributed by atoms with Gasteiger partial charge in [0.25, 0.3) is 0 Å². The highest BCUT2D eigenvalue weighted by Gasteiger charge is 2.29. The molecule has 0 aliphatic heterocycles. The first-order valence-electron chi connectivity index (χ1n) is 5.84. The van der Waals surface area contributed by atoms with Crippen LogP contribution in [0.5, 0.6) is 0 Å². The summed E-state index contributed by atoms with van der Waals surface area (Å²) < 4.78 is 35.9. The van der Waals surface area contributed by atoms with Crippen LogP contribution >= 0.6 is 0 Å². The molecule has 2 amide bonds. The van der Waals surface area contributed by atoms with E-state index >= 15 is 0 Å². The number of alkyl halides is 3. The molecule has 1 atom stereocenters. The summed E-state index contributed by atoms with van der Waals surface area (Å²) in [5.74, 6) is 0. The molecule has 0 unspecified atom stereocenters. The van der Waals surface area contributed by atoms with Gasteiger partial charge in [-0.25, -0.2) is 4.79 Å². The topological polar surface area (TPSA) is 67.1 Å². The van der Waals surface area contributed by atoms with E-state index < -0.39 is 18.8 Å². The number of benzene rings is 1. The number of aryl methyl sites for hydroxylation is 1. The van der Waals surface area contributed by atoms with Crippen LogP contribution in [-0.2, 0) is 6.42 Å². The highest BCUT2D eigenvalue weighted by molar-refractivity contribution is 5.74. The minimum absolute atomic E-state index is 0.260. The van der Waals surface area contributed by atoms with Crippen molar-refractivity contribution in [3.8, 4) is 0 Å². The van der Waals surface area contributed by atoms with Gasteiger partial charge in [0.15, 0.2) is 0 Å². The lowest BCUT2D eigenvalue weighted by atomic mass is 10.1. The zero-order valence-corrected chi connectivity index (χ0v) is 10.1. The zero-order chi connectivity index (χ0) is 14.0. The first kappa shape index (κ1) is 13.5. The first-order valence-corrected chi connectivity index (χ1v) is 5.84. The first-order chi connectivity index (χ1) is 8.85. The van der Waals surface area contributed by atoms with Crippen molar-refractivity contribution in [1.29, 1.82) is 0 Å². The smallest absolute Gasteiger partial charge is 0.399 e. The summed E-state index contributed by atoms with van der Waals surface area (Å²) >= 11 is 0. The molecular formula is C12H14F3N3O. The van der Waals surface area contributed by atoms with E-state index in [0.717, 1.165) is 17.5 Å². The number of hydrogen-bond donors (Lipinski definition) is 3. The Bertz CT molecular complexity index is 488. The van der Waals surface area contributed by atoms with E-state index in [2.05, 4.69) is 5.32 Å². The van der Waals surface area contributed by atoms with Crippen LogP contribution < -0.4 is 16.4 Å². The molecule has 0 bridgehead atoms. The summed E-state index contributed by atoms with van der Waals surface area (Å²) in [5.41, 5.74) is 8.23. The van der Waals surface area contributed by atoms with Crippen LogP contribution in [-0.4, -0.2) is 18.8 Å². The number of fused-ring (bicyclic) bond motifs is 1. The van der Waals surface area contributed by atoms with Gasteiger partial charge in [-0.3, -0.25) is 0 Å². The van der Waals surface area contributed by atoms with Crippen molar-refractivity contribution in [3.05, 3.63) is 29.3 Å². The third kappa shape index (κ3) is 3.52. The molecule has 19 heavy (non-hydrogen) atoms. The Morgan fingerprint density at radius 3 is 2.84 bits per heavy atom. The predicted octanol–water partition coefficient (Wildman–Crippen LogP) is 2.12. The van der Waals surface area contributed by atoms with Crippen molar-refractivity contribution in [2.24, 2.45) is 0 Å². The van der Waals surface area contributed by atoms with E-state index in [4.69, 9.17) is 5.73 Å². The van der Waals surface area contributed by atoms with Gasteiger partial charge in [-0.2, -0.15) is 13.2 Å². The van der Waals surface area contributed by atoms with E-state index in [1.165, 1.54) is 0 Å². The standard InChI is InChI=1S/C12H14F3N3O/c13-12(14,15)6-17-11(19)18-10-4-1-7-5-8(16)2-3-9(7)10/h2-3,5,10H,1,4,6,16H2,(H2,17,18,19)/t10-/m1/s1. The maximum Gasteiger partial charge on any atom is 0.405 e. The average molecular weight is 273 g/mol. The molecule has 2 rings (SSSR count). The quantitative estimate of drug-likeness (QED) is 0.722. The van der Waals surface area contributed by atoms with Gasteiger partial charge >= 0.3 is 12.2 Å². The van der Waals surface area contributed by atoms with Gasteiger partial charge in [-0.1, -0.05) is 6.07 Å². The highest BCUT2D eigenvalue weighted by Crippen LogP contribution is 2.32. The minimum Gasteiger partial charge on any atom is -0.399 e. The average Bonchev–Trinajstić information content (AvgIpc) is 2.68. The summed E-state index contributed by atoms with van der Waals surface area (Å²) in [6.07, 6.45) is -2.98. The lowest BCUT2D eigenvalue weighted by Gasteiger charge is -2.15. The maximum atomic E-state index is 12.0. The lowest BCUT2D eigenvalue weighted by Crippen LogP contribution is -2.41. The highest BCUT2D eigenvalue weighted by atomic mass is 19.4. The SMILES string of the molecule is Nc1ccc2c(c1)CC[C@H]2NC(=O)NCC(F)(F)F. The summed E-state index contributed by atoms with van der Waals surface area (Å²) in [7, 11) is 0. The number of nitrogen functional groups attached to an aromatic ring is 1. The van der Waals surface area contributed by atoms with Crippen LogP contribution in [0.3, 0.4) is 0 Å². The van der Waals surface area contributed by atoms with Gasteiger partial charge < -0.3 is 16.4 Å². The molecule has 0 saturated heterocycles. The molecule has 1 aliphatic rings. The van der Waals surface area contributed by atoms with Crippen molar-refractivity contribution < 1.29 is 18.0 Å². The van der Waals surface area contributed by atoms with Gasteiger partial charge in [0, 0.05) is 5.69 Å². The second-order valence-corrected chi connectivity index (χ2v) is 4.49. The number of rotatable bonds is 2. The number of anilines is 1. The second kappa shape index (κ2) is 4.99. The molecule has 104 valence electrons. The number of halogens is 3. The third-order valence-corrected chi connectivity index (χ3v) is 3.00. The fraction of sp³-hybridized carbons (Fsp3) is 0.417. The maximum absolute atomic E-state index is 12.0. The van der Waals surface area contributed by atoms with Gasteiger partial charge in [0.05, 0.1) is 6.04 Å². The van der Waals surface area contributed by atoms with E-state index in [-0.39, 0.29) is 6.04 Å². The Balaban J connectivity index is 1.94. The molecule has 1 aliphatic carbocycles. The second-order valence-electron chi connectivity index (χ2n) is 4.49. The summed E-state index contributed by atoms with van der Waals surface area (Å²) in [5, 5.41) is 4.33. The Hall–Kier alpha value is -1.92. The minimum atomic E-state index is -4.40. The number of carbonyl (C=O) groups is 1. The number of nitrogens with two attached hydrogens (primary N) is 1. The summed E-state index contributed by atoms with van der Waals surface area (Å²) in [6.45, 7) is -1.33. The Morgan fingerprint density at radius 1 is 1.42 bits per heavy atom. The Morgan fingerprint density at radius 2 is 2.16 bits per heavy atom. The molecule has 0 spiro atoms. The number of urea groups is 1.